The largest absolute Gasteiger partial charge is 0.444 e. The second kappa shape index (κ2) is 12.4. The summed E-state index contributed by atoms with van der Waals surface area (Å²) in [4.78, 5) is 69.6. The monoisotopic (exact) mass is 622 g/mol. The quantitative estimate of drug-likeness (QED) is 0.237. The number of hydrogen-bond donors (Lipinski definition) is 3. The van der Waals surface area contributed by atoms with Crippen LogP contribution in [-0.4, -0.2) is 75.6 Å². The van der Waals surface area contributed by atoms with Crippen LogP contribution in [-0.2, 0) is 36.9 Å². The predicted molar refractivity (Wildman–Crippen MR) is 162 cm³/mol. The molecule has 0 bridgehead atoms. The first-order valence-electron chi connectivity index (χ1n) is 15.0. The number of benzene rings is 1. The molecule has 2 aliphatic heterocycles. The molecule has 3 N–H and O–H groups in total. The average molecular weight is 623 g/mol. The Hall–Kier alpha value is -4.60. The number of ether oxygens (including phenoxy) is 2. The number of nitrogens with zero attached hydrogens (tertiary/aromatic N) is 3. The van der Waals surface area contributed by atoms with Gasteiger partial charge in [-0.1, -0.05) is 51.1 Å². The van der Waals surface area contributed by atoms with Crippen LogP contribution >= 0.6 is 0 Å². The number of nitriles is 1. The molecule has 1 aromatic carbocycles. The van der Waals surface area contributed by atoms with Crippen molar-refractivity contribution in [3.63, 3.8) is 0 Å². The van der Waals surface area contributed by atoms with Crippen LogP contribution in [0.1, 0.15) is 65.5 Å². The molecule has 0 aromatic heterocycles. The zero-order valence-electron chi connectivity index (χ0n) is 26.6. The Morgan fingerprint density at radius 3 is 2.22 bits per heavy atom. The van der Waals surface area contributed by atoms with Crippen molar-refractivity contribution < 1.29 is 33.4 Å². The van der Waals surface area contributed by atoms with Crippen LogP contribution < -0.4 is 16.0 Å². The van der Waals surface area contributed by atoms with Crippen molar-refractivity contribution in [1.82, 2.24) is 25.8 Å². The van der Waals surface area contributed by atoms with Crippen molar-refractivity contribution in [2.45, 2.75) is 96.8 Å². The Kier molecular flexibility index (Phi) is 9.19. The molecule has 1 saturated carbocycles. The second-order valence-electron chi connectivity index (χ2n) is 13.9. The molecule has 2 fully saturated rings. The van der Waals surface area contributed by atoms with Gasteiger partial charge in [0.15, 0.2) is 6.19 Å². The van der Waals surface area contributed by atoms with Gasteiger partial charge in [-0.3, -0.25) is 24.6 Å². The van der Waals surface area contributed by atoms with Gasteiger partial charge in [-0.15, -0.1) is 6.58 Å². The van der Waals surface area contributed by atoms with E-state index in [2.05, 4.69) is 22.5 Å². The zero-order chi connectivity index (χ0) is 33.3. The van der Waals surface area contributed by atoms with Gasteiger partial charge in [0.05, 0.1) is 6.54 Å². The van der Waals surface area contributed by atoms with Crippen LogP contribution in [0.2, 0.25) is 0 Å². The van der Waals surface area contributed by atoms with E-state index in [9.17, 15) is 24.0 Å². The SMILES string of the molecule is C=CC1C[C@]1(NC(=O)[C@@H]1C[C@@H](OC(=O)N2Cc3ccccc3C2)CN1C(=O)[C@H](NC(=O)OC(C)(C)C)C(C)(C)C)C(=O)NC#N. The number of carbonyl (C=O) groups is 5. The summed E-state index contributed by atoms with van der Waals surface area (Å²) in [7, 11) is 0. The molecule has 3 aliphatic rings. The molecule has 0 spiro atoms. The van der Waals surface area contributed by atoms with Crippen molar-refractivity contribution in [3.8, 4) is 6.19 Å². The topological polar surface area (TPSA) is 170 Å². The normalized spacial score (nSPS) is 24.4. The van der Waals surface area contributed by atoms with Gasteiger partial charge in [-0.05, 0) is 43.7 Å². The van der Waals surface area contributed by atoms with E-state index in [1.165, 1.54) is 11.0 Å². The Morgan fingerprint density at radius 1 is 1.09 bits per heavy atom. The number of nitrogens with one attached hydrogen (secondary N) is 3. The highest BCUT2D eigenvalue weighted by atomic mass is 16.6. The molecule has 13 nitrogen and oxygen atoms in total. The smallest absolute Gasteiger partial charge is 0.410 e. The van der Waals surface area contributed by atoms with Crippen LogP contribution in [0.4, 0.5) is 9.59 Å². The fourth-order valence-electron chi connectivity index (χ4n) is 5.79. The van der Waals surface area contributed by atoms with E-state index >= 15 is 0 Å². The van der Waals surface area contributed by atoms with Crippen LogP contribution in [0, 0.1) is 22.8 Å². The Balaban J connectivity index is 1.57. The van der Waals surface area contributed by atoms with Gasteiger partial charge >= 0.3 is 12.2 Å². The molecular weight excluding hydrogens is 580 g/mol. The van der Waals surface area contributed by atoms with Crippen molar-refractivity contribution in [1.29, 1.82) is 5.26 Å². The molecule has 45 heavy (non-hydrogen) atoms. The van der Waals surface area contributed by atoms with Crippen LogP contribution in [0.3, 0.4) is 0 Å². The first-order chi connectivity index (χ1) is 21.0. The van der Waals surface area contributed by atoms with Crippen LogP contribution in [0.15, 0.2) is 36.9 Å². The summed E-state index contributed by atoms with van der Waals surface area (Å²) in [6, 6.07) is 5.42. The summed E-state index contributed by atoms with van der Waals surface area (Å²) in [6.45, 7) is 14.7. The predicted octanol–water partition coefficient (Wildman–Crippen LogP) is 2.71. The molecule has 0 radical (unpaired) electrons. The lowest BCUT2D eigenvalue weighted by Crippen LogP contribution is -2.60. The molecule has 1 aliphatic carbocycles. The number of hydrogen-bond acceptors (Lipinski definition) is 8. The number of fused-ring (bicyclic) bond motifs is 1. The van der Waals surface area contributed by atoms with E-state index < -0.39 is 70.6 Å². The molecule has 5 amide bonds. The fourth-order valence-corrected chi connectivity index (χ4v) is 5.79. The maximum Gasteiger partial charge on any atom is 0.410 e. The first-order valence-corrected chi connectivity index (χ1v) is 15.0. The van der Waals surface area contributed by atoms with E-state index in [1.54, 1.807) is 52.6 Å². The third-order valence-corrected chi connectivity index (χ3v) is 8.21. The molecule has 4 rings (SSSR count). The highest BCUT2D eigenvalue weighted by molar-refractivity contribution is 5.99. The Morgan fingerprint density at radius 2 is 1.71 bits per heavy atom. The number of rotatable bonds is 7. The van der Waals surface area contributed by atoms with Gasteiger partial charge in [0.1, 0.15) is 29.3 Å². The molecule has 1 aromatic rings. The van der Waals surface area contributed by atoms with Gasteiger partial charge in [0, 0.05) is 25.4 Å². The standard InChI is InChI=1S/C32H42N6O7/c1-8-21-14-32(21,27(41)34-18-33)36-25(39)23-13-22(44-29(43)37-15-19-11-9-10-12-20(19)16-37)17-38(23)26(40)24(30(2,3)4)35-28(42)45-31(5,6)7/h8-12,21-24H,1,13-17H2,2-7H3,(H,34,41)(H,35,42)(H,36,39)/t21?,22-,23+,24+,32-/m1/s1. The lowest BCUT2D eigenvalue weighted by atomic mass is 9.85. The number of alkyl carbamates (subject to hydrolysis) is 1. The van der Waals surface area contributed by atoms with Crippen LogP contribution in [0.25, 0.3) is 0 Å². The maximum atomic E-state index is 14.2. The van der Waals surface area contributed by atoms with E-state index in [-0.39, 0.29) is 19.4 Å². The van der Waals surface area contributed by atoms with Gasteiger partial charge in [-0.25, -0.2) is 9.59 Å². The van der Waals surface area contributed by atoms with Gasteiger partial charge in [-0.2, -0.15) is 5.26 Å². The molecular formula is C32H42N6O7. The average Bonchev–Trinajstić information content (AvgIpc) is 3.26. The molecule has 1 unspecified atom stereocenters. The highest BCUT2D eigenvalue weighted by Gasteiger charge is 2.61. The molecule has 13 heteroatoms. The second-order valence-corrected chi connectivity index (χ2v) is 13.9. The minimum atomic E-state index is -1.39. The van der Waals surface area contributed by atoms with Gasteiger partial charge in [0.2, 0.25) is 11.8 Å². The highest BCUT2D eigenvalue weighted by Crippen LogP contribution is 2.45. The van der Waals surface area contributed by atoms with Gasteiger partial charge < -0.3 is 25.0 Å². The summed E-state index contributed by atoms with van der Waals surface area (Å²) in [5.41, 5.74) is -0.984. The van der Waals surface area contributed by atoms with Crippen molar-refractivity contribution in [2.75, 3.05) is 6.54 Å². The lowest BCUT2D eigenvalue weighted by Gasteiger charge is -2.36. The summed E-state index contributed by atoms with van der Waals surface area (Å²) < 4.78 is 11.2. The van der Waals surface area contributed by atoms with Crippen LogP contribution in [0.5, 0.6) is 0 Å². The van der Waals surface area contributed by atoms with Gasteiger partial charge in [0.25, 0.3) is 5.91 Å². The maximum absolute atomic E-state index is 14.2. The van der Waals surface area contributed by atoms with E-state index in [4.69, 9.17) is 14.7 Å². The third-order valence-electron chi connectivity index (χ3n) is 8.21. The summed E-state index contributed by atoms with van der Waals surface area (Å²) >= 11 is 0. The number of amides is 5. The third kappa shape index (κ3) is 7.38. The molecule has 5 atom stereocenters. The fraction of sp³-hybridized carbons (Fsp3) is 0.562. The minimum absolute atomic E-state index is 0.0396. The number of carbonyl (C=O) groups excluding carboxylic acids is 5. The molecule has 242 valence electrons. The Bertz CT molecular complexity index is 1400. The summed E-state index contributed by atoms with van der Waals surface area (Å²) in [6.07, 6.45) is 1.08. The van der Waals surface area contributed by atoms with E-state index in [0.29, 0.717) is 13.1 Å². The van der Waals surface area contributed by atoms with Crippen molar-refractivity contribution in [3.05, 3.63) is 48.0 Å². The lowest BCUT2D eigenvalue weighted by molar-refractivity contribution is -0.143. The summed E-state index contributed by atoms with van der Waals surface area (Å²) in [5.74, 6) is -2.33. The minimum Gasteiger partial charge on any atom is -0.444 e. The van der Waals surface area contributed by atoms with E-state index in [0.717, 1.165) is 11.1 Å². The molecule has 2 heterocycles. The molecule has 1 saturated heterocycles. The van der Waals surface area contributed by atoms with Crippen molar-refractivity contribution >= 4 is 29.9 Å². The number of likely N-dealkylation sites (tertiary alicyclic amines) is 1. The first kappa shape index (κ1) is 33.3. The van der Waals surface area contributed by atoms with E-state index in [1.807, 2.05) is 24.3 Å². The van der Waals surface area contributed by atoms with Crippen molar-refractivity contribution in [2.24, 2.45) is 11.3 Å². The zero-order valence-corrected chi connectivity index (χ0v) is 26.6. The Labute approximate surface area is 263 Å². The summed E-state index contributed by atoms with van der Waals surface area (Å²) in [5, 5.41) is 16.5.